The molecule has 0 aliphatic rings. The predicted octanol–water partition coefficient (Wildman–Crippen LogP) is 2.76. The Hall–Kier alpha value is -0.980. The second-order valence-corrected chi connectivity index (χ2v) is 3.28. The van der Waals surface area contributed by atoms with Crippen LogP contribution in [-0.4, -0.2) is 13.6 Å². The first kappa shape index (κ1) is 9.11. The van der Waals surface area contributed by atoms with E-state index < -0.39 is 0 Å². The van der Waals surface area contributed by atoms with Crippen molar-refractivity contribution in [2.75, 3.05) is 18.5 Å². The maximum Gasteiger partial charge on any atom is 0.0366 e. The summed E-state index contributed by atoms with van der Waals surface area (Å²) in [5.41, 5.74) is 4.04. The summed E-state index contributed by atoms with van der Waals surface area (Å²) in [6, 6.07) is 6.58. The van der Waals surface area contributed by atoms with E-state index in [-0.39, 0.29) is 0 Å². The molecule has 0 amide bonds. The van der Waals surface area contributed by atoms with Gasteiger partial charge >= 0.3 is 0 Å². The minimum Gasteiger partial charge on any atom is -0.375 e. The van der Waals surface area contributed by atoms with E-state index in [0.717, 1.165) is 6.54 Å². The lowest BCUT2D eigenvalue weighted by Crippen LogP contribution is -2.15. The van der Waals surface area contributed by atoms with Gasteiger partial charge in [0, 0.05) is 19.3 Å². The molecule has 0 aromatic heterocycles. The van der Waals surface area contributed by atoms with Gasteiger partial charge in [-0.25, -0.2) is 0 Å². The zero-order chi connectivity index (χ0) is 9.14. The Balaban J connectivity index is 2.96. The molecule has 0 radical (unpaired) electrons. The van der Waals surface area contributed by atoms with Crippen molar-refractivity contribution in [3.63, 3.8) is 0 Å². The number of rotatable bonds is 2. The van der Waals surface area contributed by atoms with Crippen LogP contribution in [0, 0.1) is 13.8 Å². The lowest BCUT2D eigenvalue weighted by atomic mass is 10.1. The fraction of sp³-hybridized carbons (Fsp3) is 0.455. The predicted molar refractivity (Wildman–Crippen MR) is 54.9 cm³/mol. The van der Waals surface area contributed by atoms with Gasteiger partial charge in [0.25, 0.3) is 0 Å². The molecule has 0 unspecified atom stereocenters. The first-order chi connectivity index (χ1) is 5.65. The van der Waals surface area contributed by atoms with Gasteiger partial charge in [0.1, 0.15) is 0 Å². The fourth-order valence-electron chi connectivity index (χ4n) is 1.15. The number of hydrogen-bond donors (Lipinski definition) is 0. The Morgan fingerprint density at radius 1 is 1.17 bits per heavy atom. The van der Waals surface area contributed by atoms with Crippen molar-refractivity contribution in [3.05, 3.63) is 29.3 Å². The van der Waals surface area contributed by atoms with Crippen molar-refractivity contribution in [1.29, 1.82) is 0 Å². The highest BCUT2D eigenvalue weighted by Crippen LogP contribution is 2.16. The molecule has 1 aromatic carbocycles. The molecule has 0 atom stereocenters. The van der Waals surface area contributed by atoms with Gasteiger partial charge in [-0.2, -0.15) is 0 Å². The largest absolute Gasteiger partial charge is 0.375 e. The van der Waals surface area contributed by atoms with Crippen molar-refractivity contribution in [2.24, 2.45) is 0 Å². The molecule has 0 bridgehead atoms. The third-order valence-corrected chi connectivity index (χ3v) is 2.41. The molecule has 0 saturated heterocycles. The zero-order valence-corrected chi connectivity index (χ0v) is 8.39. The minimum absolute atomic E-state index is 1.06. The summed E-state index contributed by atoms with van der Waals surface area (Å²) in [4.78, 5) is 2.24. The van der Waals surface area contributed by atoms with E-state index in [4.69, 9.17) is 0 Å². The Labute approximate surface area is 75.0 Å². The number of hydrogen-bond acceptors (Lipinski definition) is 1. The highest BCUT2D eigenvalue weighted by atomic mass is 15.1. The molecule has 0 spiro atoms. The van der Waals surface area contributed by atoms with E-state index in [1.54, 1.807) is 0 Å². The van der Waals surface area contributed by atoms with E-state index in [1.165, 1.54) is 16.8 Å². The topological polar surface area (TPSA) is 3.24 Å². The van der Waals surface area contributed by atoms with Crippen LogP contribution in [-0.2, 0) is 0 Å². The Bertz CT molecular complexity index is 266. The van der Waals surface area contributed by atoms with E-state index >= 15 is 0 Å². The highest BCUT2D eigenvalue weighted by Gasteiger charge is 1.98. The average Bonchev–Trinajstić information content (AvgIpc) is 2.08. The molecule has 0 saturated carbocycles. The van der Waals surface area contributed by atoms with Gasteiger partial charge in [-0.1, -0.05) is 6.07 Å². The first-order valence-electron chi connectivity index (χ1n) is 4.43. The monoisotopic (exact) mass is 163 g/mol. The second kappa shape index (κ2) is 3.61. The molecular weight excluding hydrogens is 146 g/mol. The van der Waals surface area contributed by atoms with Crippen LogP contribution in [0.2, 0.25) is 0 Å². The molecule has 1 heteroatoms. The van der Waals surface area contributed by atoms with Crippen molar-refractivity contribution in [2.45, 2.75) is 20.8 Å². The van der Waals surface area contributed by atoms with Crippen LogP contribution in [0.25, 0.3) is 0 Å². The Morgan fingerprint density at radius 3 is 2.33 bits per heavy atom. The van der Waals surface area contributed by atoms with E-state index in [0.29, 0.717) is 0 Å². The van der Waals surface area contributed by atoms with Crippen molar-refractivity contribution < 1.29 is 0 Å². The van der Waals surface area contributed by atoms with Crippen LogP contribution in [0.5, 0.6) is 0 Å². The summed E-state index contributed by atoms with van der Waals surface area (Å²) >= 11 is 0. The van der Waals surface area contributed by atoms with E-state index in [1.807, 2.05) is 0 Å². The molecule has 0 N–H and O–H groups in total. The molecule has 66 valence electrons. The summed E-state index contributed by atoms with van der Waals surface area (Å²) in [5.74, 6) is 0. The van der Waals surface area contributed by atoms with Crippen molar-refractivity contribution >= 4 is 5.69 Å². The standard InChI is InChI=1S/C11H17N/c1-5-12(4)11-7-6-9(2)10(3)8-11/h6-8H,5H2,1-4H3. The summed E-state index contributed by atoms with van der Waals surface area (Å²) < 4.78 is 0. The molecule has 1 nitrogen and oxygen atoms in total. The molecule has 0 aliphatic heterocycles. The molecule has 0 fully saturated rings. The highest BCUT2D eigenvalue weighted by molar-refractivity contribution is 5.49. The maximum absolute atomic E-state index is 2.24. The SMILES string of the molecule is CCN(C)c1ccc(C)c(C)c1. The van der Waals surface area contributed by atoms with E-state index in [2.05, 4.69) is 50.9 Å². The third-order valence-electron chi connectivity index (χ3n) is 2.41. The average molecular weight is 163 g/mol. The van der Waals surface area contributed by atoms with Gasteiger partial charge in [0.2, 0.25) is 0 Å². The fourth-order valence-corrected chi connectivity index (χ4v) is 1.15. The van der Waals surface area contributed by atoms with Gasteiger partial charge in [-0.3, -0.25) is 0 Å². The number of anilines is 1. The van der Waals surface area contributed by atoms with Gasteiger partial charge < -0.3 is 4.90 Å². The van der Waals surface area contributed by atoms with Crippen LogP contribution in [0.15, 0.2) is 18.2 Å². The van der Waals surface area contributed by atoms with Gasteiger partial charge in [0.05, 0.1) is 0 Å². The molecule has 1 aromatic rings. The van der Waals surface area contributed by atoms with Crippen LogP contribution >= 0.6 is 0 Å². The smallest absolute Gasteiger partial charge is 0.0366 e. The second-order valence-electron chi connectivity index (χ2n) is 3.28. The maximum atomic E-state index is 2.24. The molecule has 1 rings (SSSR count). The van der Waals surface area contributed by atoms with Crippen LogP contribution in [0.3, 0.4) is 0 Å². The van der Waals surface area contributed by atoms with E-state index in [9.17, 15) is 0 Å². The van der Waals surface area contributed by atoms with Crippen LogP contribution in [0.4, 0.5) is 5.69 Å². The number of aryl methyl sites for hydroxylation is 2. The molecule has 0 aliphatic carbocycles. The zero-order valence-electron chi connectivity index (χ0n) is 8.39. The lowest BCUT2D eigenvalue weighted by Gasteiger charge is -2.17. The van der Waals surface area contributed by atoms with Crippen LogP contribution in [0.1, 0.15) is 18.1 Å². The first-order valence-corrected chi connectivity index (χ1v) is 4.43. The normalized spacial score (nSPS) is 10.0. The quantitative estimate of drug-likeness (QED) is 0.648. The third kappa shape index (κ3) is 1.79. The Morgan fingerprint density at radius 2 is 1.83 bits per heavy atom. The lowest BCUT2D eigenvalue weighted by molar-refractivity contribution is 0.966. The van der Waals surface area contributed by atoms with Gasteiger partial charge in [0.15, 0.2) is 0 Å². The summed E-state index contributed by atoms with van der Waals surface area (Å²) in [6.45, 7) is 7.52. The van der Waals surface area contributed by atoms with Crippen molar-refractivity contribution in [1.82, 2.24) is 0 Å². The number of nitrogens with zero attached hydrogens (tertiary/aromatic N) is 1. The molecule has 12 heavy (non-hydrogen) atoms. The van der Waals surface area contributed by atoms with Gasteiger partial charge in [-0.05, 0) is 44.0 Å². The molecular formula is C11H17N. The minimum atomic E-state index is 1.06. The van der Waals surface area contributed by atoms with Crippen LogP contribution < -0.4 is 4.90 Å². The summed E-state index contributed by atoms with van der Waals surface area (Å²) in [7, 11) is 2.12. The molecule has 0 heterocycles. The summed E-state index contributed by atoms with van der Waals surface area (Å²) in [5, 5.41) is 0. The number of benzene rings is 1. The van der Waals surface area contributed by atoms with Crippen molar-refractivity contribution in [3.8, 4) is 0 Å². The Kier molecular flexibility index (Phi) is 2.74. The van der Waals surface area contributed by atoms with Gasteiger partial charge in [-0.15, -0.1) is 0 Å². The summed E-state index contributed by atoms with van der Waals surface area (Å²) in [6.07, 6.45) is 0.